The average molecular weight is 448 g/mol. The van der Waals surface area contributed by atoms with Crippen molar-refractivity contribution < 1.29 is 17.7 Å². The van der Waals surface area contributed by atoms with E-state index in [2.05, 4.69) is 20.4 Å². The lowest BCUT2D eigenvalue weighted by Gasteiger charge is -2.30. The Morgan fingerprint density at radius 1 is 1.37 bits per heavy atom. The van der Waals surface area contributed by atoms with Crippen LogP contribution in [0.2, 0.25) is 0 Å². The first-order valence-electron chi connectivity index (χ1n) is 9.49. The first-order valence-corrected chi connectivity index (χ1v) is 11.8. The Hall–Kier alpha value is -2.63. The molecule has 1 N–H and O–H groups in total. The van der Waals surface area contributed by atoms with Gasteiger partial charge >= 0.3 is 0 Å². The summed E-state index contributed by atoms with van der Waals surface area (Å²) < 4.78 is 32.6. The van der Waals surface area contributed by atoms with Crippen LogP contribution in [0.15, 0.2) is 44.7 Å². The van der Waals surface area contributed by atoms with Crippen LogP contribution in [0.4, 0.5) is 0 Å². The number of hydrogen-bond acceptors (Lipinski definition) is 8. The highest BCUT2D eigenvalue weighted by Crippen LogP contribution is 2.31. The van der Waals surface area contributed by atoms with Gasteiger partial charge in [-0.25, -0.2) is 8.42 Å². The summed E-state index contributed by atoms with van der Waals surface area (Å²) in [5, 5.41) is 8.44. The van der Waals surface area contributed by atoms with Gasteiger partial charge in [-0.2, -0.15) is 9.29 Å². The highest BCUT2D eigenvalue weighted by Gasteiger charge is 2.33. The van der Waals surface area contributed by atoms with E-state index in [-0.39, 0.29) is 16.0 Å². The van der Waals surface area contributed by atoms with Gasteiger partial charge in [-0.1, -0.05) is 11.2 Å². The predicted molar refractivity (Wildman–Crippen MR) is 110 cm³/mol. The van der Waals surface area contributed by atoms with E-state index in [0.29, 0.717) is 49.8 Å². The molecule has 0 radical (unpaired) electrons. The lowest BCUT2D eigenvalue weighted by Crippen LogP contribution is -2.42. The van der Waals surface area contributed by atoms with Gasteiger partial charge in [-0.15, -0.1) is 11.3 Å². The van der Waals surface area contributed by atoms with Crippen molar-refractivity contribution in [1.82, 2.24) is 24.7 Å². The van der Waals surface area contributed by atoms with E-state index >= 15 is 0 Å². The smallest absolute Gasteiger partial charge is 0.252 e. The third-order valence-corrected chi connectivity index (χ3v) is 8.28. The number of carbonyl (C=O) groups excluding carboxylic acids is 1. The number of carbonyl (C=O) groups is 1. The number of thiophene rings is 1. The van der Waals surface area contributed by atoms with Crippen molar-refractivity contribution in [2.24, 2.45) is 5.92 Å². The molecule has 4 heterocycles. The van der Waals surface area contributed by atoms with Crippen LogP contribution < -0.4 is 5.32 Å². The molecule has 0 spiro atoms. The molecule has 1 saturated heterocycles. The molecule has 30 heavy (non-hydrogen) atoms. The lowest BCUT2D eigenvalue weighted by molar-refractivity contribution is -0.126. The monoisotopic (exact) mass is 447 g/mol. The molecule has 158 valence electrons. The number of amides is 1. The van der Waals surface area contributed by atoms with Gasteiger partial charge in [-0.3, -0.25) is 9.78 Å². The number of pyridine rings is 1. The SMILES string of the molecule is Cc1nc(-c2csc(S(=O)(=O)N3CCC(C(=O)NCc4cccnc4)CC3)c2)no1. The summed E-state index contributed by atoms with van der Waals surface area (Å²) in [4.78, 5) is 20.6. The van der Waals surface area contributed by atoms with E-state index in [0.717, 1.165) is 16.9 Å². The first kappa shape index (κ1) is 20.6. The fourth-order valence-corrected chi connectivity index (χ4v) is 6.09. The van der Waals surface area contributed by atoms with Gasteiger partial charge in [0, 0.05) is 55.8 Å². The molecular weight excluding hydrogens is 426 g/mol. The van der Waals surface area contributed by atoms with Crippen molar-refractivity contribution in [3.8, 4) is 11.4 Å². The molecule has 0 bridgehead atoms. The Morgan fingerprint density at radius 2 is 2.17 bits per heavy atom. The molecule has 0 atom stereocenters. The second kappa shape index (κ2) is 8.62. The summed E-state index contributed by atoms with van der Waals surface area (Å²) in [5.74, 6) is 0.537. The Kier molecular flexibility index (Phi) is 5.93. The molecule has 0 aromatic carbocycles. The zero-order valence-electron chi connectivity index (χ0n) is 16.3. The zero-order valence-corrected chi connectivity index (χ0v) is 17.9. The van der Waals surface area contributed by atoms with Gasteiger partial charge in [0.05, 0.1) is 0 Å². The van der Waals surface area contributed by atoms with Crippen molar-refractivity contribution in [2.45, 2.75) is 30.5 Å². The van der Waals surface area contributed by atoms with Crippen molar-refractivity contribution in [2.75, 3.05) is 13.1 Å². The van der Waals surface area contributed by atoms with Crippen LogP contribution in [0.1, 0.15) is 24.3 Å². The molecular formula is C19H21N5O4S2. The third kappa shape index (κ3) is 4.42. The molecule has 3 aromatic heterocycles. The molecule has 1 amide bonds. The normalized spacial score (nSPS) is 15.9. The van der Waals surface area contributed by atoms with Crippen LogP contribution in [-0.4, -0.2) is 46.8 Å². The first-order chi connectivity index (χ1) is 14.4. The molecule has 0 saturated carbocycles. The van der Waals surface area contributed by atoms with Crippen molar-refractivity contribution >= 4 is 27.3 Å². The fourth-order valence-electron chi connectivity index (χ4n) is 3.31. The number of aryl methyl sites for hydroxylation is 1. The van der Waals surface area contributed by atoms with Crippen molar-refractivity contribution in [3.63, 3.8) is 0 Å². The summed E-state index contributed by atoms with van der Waals surface area (Å²) in [7, 11) is -3.62. The number of piperidine rings is 1. The lowest BCUT2D eigenvalue weighted by atomic mass is 9.97. The predicted octanol–water partition coefficient (Wildman–Crippen LogP) is 2.22. The van der Waals surface area contributed by atoms with Crippen molar-refractivity contribution in [1.29, 1.82) is 0 Å². The second-order valence-electron chi connectivity index (χ2n) is 7.05. The van der Waals surface area contributed by atoms with E-state index in [1.807, 2.05) is 12.1 Å². The van der Waals surface area contributed by atoms with Crippen LogP contribution in [-0.2, 0) is 21.4 Å². The van der Waals surface area contributed by atoms with E-state index in [1.54, 1.807) is 30.8 Å². The zero-order chi connectivity index (χ0) is 21.1. The maximum atomic E-state index is 13.0. The number of sulfonamides is 1. The topological polar surface area (TPSA) is 118 Å². The van der Waals surface area contributed by atoms with E-state index in [4.69, 9.17) is 4.52 Å². The van der Waals surface area contributed by atoms with Crippen LogP contribution in [0, 0.1) is 12.8 Å². The summed E-state index contributed by atoms with van der Waals surface area (Å²) in [5.41, 5.74) is 1.54. The van der Waals surface area contributed by atoms with Gasteiger partial charge in [-0.05, 0) is 30.5 Å². The third-order valence-electron chi connectivity index (χ3n) is 4.97. The molecule has 0 aliphatic carbocycles. The molecule has 11 heteroatoms. The molecule has 1 aliphatic heterocycles. The van der Waals surface area contributed by atoms with Gasteiger partial charge in [0.1, 0.15) is 4.21 Å². The molecule has 3 aromatic rings. The number of hydrogen-bond donors (Lipinski definition) is 1. The van der Waals surface area contributed by atoms with E-state index in [9.17, 15) is 13.2 Å². The Balaban J connectivity index is 1.35. The molecule has 1 fully saturated rings. The fraction of sp³-hybridized carbons (Fsp3) is 0.368. The minimum Gasteiger partial charge on any atom is -0.352 e. The van der Waals surface area contributed by atoms with Gasteiger partial charge in [0.15, 0.2) is 0 Å². The minimum atomic E-state index is -3.62. The van der Waals surface area contributed by atoms with E-state index in [1.165, 1.54) is 4.31 Å². The van der Waals surface area contributed by atoms with Crippen LogP contribution >= 0.6 is 11.3 Å². The average Bonchev–Trinajstić information content (AvgIpc) is 3.42. The Labute approximate surface area is 178 Å². The largest absolute Gasteiger partial charge is 0.352 e. The maximum Gasteiger partial charge on any atom is 0.252 e. The summed E-state index contributed by atoms with van der Waals surface area (Å²) in [6.45, 7) is 2.71. The van der Waals surface area contributed by atoms with Crippen LogP contribution in [0.5, 0.6) is 0 Å². The minimum absolute atomic E-state index is 0.0539. The summed E-state index contributed by atoms with van der Waals surface area (Å²) in [6, 6.07) is 5.28. The quantitative estimate of drug-likeness (QED) is 0.615. The summed E-state index contributed by atoms with van der Waals surface area (Å²) >= 11 is 1.13. The maximum absolute atomic E-state index is 13.0. The highest BCUT2D eigenvalue weighted by atomic mass is 32.2. The van der Waals surface area contributed by atoms with Crippen LogP contribution in [0.25, 0.3) is 11.4 Å². The van der Waals surface area contributed by atoms with Crippen molar-refractivity contribution in [3.05, 3.63) is 47.4 Å². The van der Waals surface area contributed by atoms with Crippen LogP contribution in [0.3, 0.4) is 0 Å². The number of aromatic nitrogens is 3. The van der Waals surface area contributed by atoms with E-state index < -0.39 is 10.0 Å². The standard InChI is InChI=1S/C19H21N5O4S2/c1-13-22-18(23-28-13)16-9-17(29-12-16)30(26,27)24-7-4-15(5-8-24)19(25)21-11-14-3-2-6-20-10-14/h2-3,6,9-10,12,15H,4-5,7-8,11H2,1H3,(H,21,25). The number of nitrogens with zero attached hydrogens (tertiary/aromatic N) is 4. The Morgan fingerprint density at radius 3 is 2.83 bits per heavy atom. The highest BCUT2D eigenvalue weighted by molar-refractivity contribution is 7.91. The van der Waals surface area contributed by atoms with Gasteiger partial charge < -0.3 is 9.84 Å². The molecule has 4 rings (SSSR count). The number of nitrogens with one attached hydrogen (secondary N) is 1. The second-order valence-corrected chi connectivity index (χ2v) is 10.1. The molecule has 9 nitrogen and oxygen atoms in total. The number of rotatable bonds is 6. The molecule has 1 aliphatic rings. The molecule has 0 unspecified atom stereocenters. The Bertz CT molecular complexity index is 1120. The summed E-state index contributed by atoms with van der Waals surface area (Å²) in [6.07, 6.45) is 4.36. The van der Waals surface area contributed by atoms with Gasteiger partial charge in [0.25, 0.3) is 10.0 Å². The van der Waals surface area contributed by atoms with Gasteiger partial charge in [0.2, 0.25) is 17.6 Å².